The fourth-order valence-electron chi connectivity index (χ4n) is 8.35. The van der Waals surface area contributed by atoms with Crippen LogP contribution in [0.4, 0.5) is 47.1 Å². The summed E-state index contributed by atoms with van der Waals surface area (Å²) in [5, 5.41) is 0. The molecule has 36 heteroatoms. The van der Waals surface area contributed by atoms with Crippen LogP contribution in [-0.4, -0.2) is 156 Å². The zero-order chi connectivity index (χ0) is 73.6. The highest BCUT2D eigenvalue weighted by atomic mass is 32.2. The van der Waals surface area contributed by atoms with E-state index in [0.717, 1.165) is 22.3 Å². The summed E-state index contributed by atoms with van der Waals surface area (Å²) in [6, 6.07) is 33.8. The number of hydrogen-bond donors (Lipinski definition) is 11. The molecule has 32 nitrogen and oxygen atoms in total. The lowest BCUT2D eigenvalue weighted by molar-refractivity contribution is 0.112. The van der Waals surface area contributed by atoms with E-state index in [-0.39, 0.29) is 140 Å². The van der Waals surface area contributed by atoms with Gasteiger partial charge in [-0.15, -0.1) is 0 Å². The Hall–Kier alpha value is -9.71. The van der Waals surface area contributed by atoms with Crippen molar-refractivity contribution < 1.29 is 64.5 Å². The van der Waals surface area contributed by atoms with E-state index in [9.17, 15) is 31.7 Å². The number of H-pyrrole nitrogens is 1. The van der Waals surface area contributed by atoms with Crippen molar-refractivity contribution in [2.24, 2.45) is 0 Å². The van der Waals surface area contributed by atoms with Crippen LogP contribution in [0.1, 0.15) is 18.1 Å². The zero-order valence-corrected chi connectivity index (χ0v) is 59.4. The number of nitrogens with zero attached hydrogens (tertiary/aromatic N) is 7. The lowest BCUT2D eigenvalue weighted by Gasteiger charge is -2.14. The maximum atomic E-state index is 12.7. The molecule has 0 atom stereocenters. The lowest BCUT2D eigenvalue weighted by Crippen LogP contribution is -2.28. The van der Waals surface area contributed by atoms with Gasteiger partial charge in [0.25, 0.3) is 21.2 Å². The second kappa shape index (κ2) is 39.2. The van der Waals surface area contributed by atoms with Crippen molar-refractivity contribution in [1.29, 1.82) is 0 Å². The van der Waals surface area contributed by atoms with Gasteiger partial charge in [-0.05, 0) is 69.3 Å². The average Bonchev–Trinajstić information content (AvgIpc) is 0.818. The summed E-state index contributed by atoms with van der Waals surface area (Å²) in [5.74, 6) is 1.18. The zero-order valence-electron chi connectivity index (χ0n) is 55.9. The number of nitrogens with one attached hydrogen (secondary N) is 1. The van der Waals surface area contributed by atoms with E-state index in [4.69, 9.17) is 88.3 Å². The summed E-state index contributed by atoms with van der Waals surface area (Å²) in [4.78, 5) is 68.1. The van der Waals surface area contributed by atoms with Crippen molar-refractivity contribution in [2.45, 2.75) is 25.3 Å². The lowest BCUT2D eigenvalue weighted by atomic mass is 10.0. The van der Waals surface area contributed by atoms with Gasteiger partial charge in [-0.25, -0.2) is 0 Å². The van der Waals surface area contributed by atoms with Crippen LogP contribution < -0.4 is 66.5 Å². The number of aromatic amines is 1. The molecule has 0 bridgehead atoms. The van der Waals surface area contributed by atoms with Gasteiger partial charge in [-0.2, -0.15) is 38.3 Å². The first kappa shape index (κ1) is 81.0. The van der Waals surface area contributed by atoms with Gasteiger partial charge in [0, 0.05) is 18.8 Å². The van der Waals surface area contributed by atoms with Gasteiger partial charge in [0.05, 0.1) is 79.9 Å². The maximum Gasteiger partial charge on any atom is 0.350 e. The van der Waals surface area contributed by atoms with Crippen molar-refractivity contribution in [2.75, 3.05) is 144 Å². The molecular formula is C64H84N16O16P3S+. The third kappa shape index (κ3) is 27.9. The predicted octanol–water partition coefficient (Wildman–Crippen LogP) is 6.78. The van der Waals surface area contributed by atoms with Crippen LogP contribution in [0.2, 0.25) is 0 Å². The fraction of sp³-hybridized carbons (Fsp3) is 0.281. The van der Waals surface area contributed by atoms with Gasteiger partial charge in [0.1, 0.15) is 74.6 Å². The van der Waals surface area contributed by atoms with Gasteiger partial charge in [0.15, 0.2) is 5.82 Å². The Morgan fingerprint density at radius 2 is 1.00 bits per heavy atom. The second-order valence-electron chi connectivity index (χ2n) is 22.0. The van der Waals surface area contributed by atoms with Crippen molar-refractivity contribution in [3.8, 4) is 45.1 Å². The molecule has 0 spiro atoms. The number of aromatic nitrogens is 8. The van der Waals surface area contributed by atoms with E-state index in [0.29, 0.717) is 34.4 Å². The molecule has 4 heterocycles. The van der Waals surface area contributed by atoms with Gasteiger partial charge < -0.3 is 93.2 Å². The van der Waals surface area contributed by atoms with Crippen LogP contribution >= 0.6 is 21.9 Å². The van der Waals surface area contributed by atoms with Crippen molar-refractivity contribution in [3.63, 3.8) is 0 Å². The highest BCUT2D eigenvalue weighted by Gasteiger charge is 2.23. The molecule has 1 aliphatic carbocycles. The largest absolute Gasteiger partial charge is 0.475 e. The van der Waals surface area contributed by atoms with Crippen molar-refractivity contribution >= 4 is 84.6 Å². The number of benzene rings is 4. The summed E-state index contributed by atoms with van der Waals surface area (Å²) >= 11 is 0. The predicted molar refractivity (Wildman–Crippen MR) is 389 cm³/mol. The molecule has 9 rings (SSSR count). The number of allylic oxidation sites excluding steroid dienone is 6. The molecule has 4 aromatic heterocycles. The van der Waals surface area contributed by atoms with E-state index in [2.05, 4.69) is 41.0 Å². The Balaban J connectivity index is 0.000000228. The first-order valence-electron chi connectivity index (χ1n) is 30.2. The molecule has 0 saturated heterocycles. The number of nitrogens with two attached hydrogens (primary N) is 8. The summed E-state index contributed by atoms with van der Waals surface area (Å²) in [5.41, 5.74) is 50.8. The van der Waals surface area contributed by atoms with E-state index in [1.807, 2.05) is 92.7 Å². The second-order valence-corrected chi connectivity index (χ2v) is 32.0. The molecule has 8 aromatic rings. The fourth-order valence-corrected chi connectivity index (χ4v) is 10.7. The normalized spacial score (nSPS) is 11.8. The minimum Gasteiger partial charge on any atom is -0.475 e. The van der Waals surface area contributed by atoms with Gasteiger partial charge in [-0.3, -0.25) is 27.9 Å². The van der Waals surface area contributed by atoms with E-state index in [1.54, 1.807) is 75.2 Å². The SMILES string of the molecule is CCOCCOS(=O)(=O)c1ccc(C)cc1.CP(C)(=O)COCCOc1nc(N)nc(N)c1C1=CC=C[C+]=C1.CP(C)(=O)COCCn1c(N)nc(N)c(-c2ccccc2)c1=O.Nc1nc(N)c(-c2ccccc2)c(=O)[nH]1.Nc1nc(N)c(-c2ccccc2)c(OCCOCP(=O)(O)O)n1. The Kier molecular flexibility index (Phi) is 31.7. The number of anilines is 8. The van der Waals surface area contributed by atoms with Gasteiger partial charge in [0.2, 0.25) is 35.6 Å². The molecule has 100 heavy (non-hydrogen) atoms. The summed E-state index contributed by atoms with van der Waals surface area (Å²) in [7, 11) is -12.3. The van der Waals surface area contributed by atoms with E-state index < -0.39 is 38.3 Å². The number of aryl methyl sites for hydroxylation is 1. The minimum atomic E-state index is -4.19. The molecule has 536 valence electrons. The summed E-state index contributed by atoms with van der Waals surface area (Å²) < 4.78 is 94.8. The molecule has 1 aliphatic rings. The van der Waals surface area contributed by atoms with E-state index in [1.165, 1.54) is 16.7 Å². The average molecular weight is 1460 g/mol. The molecule has 0 unspecified atom stereocenters. The molecule has 0 amide bonds. The number of nitrogen functional groups attached to an aromatic ring is 8. The minimum absolute atomic E-state index is 0.0235. The van der Waals surface area contributed by atoms with E-state index >= 15 is 0 Å². The Labute approximate surface area is 578 Å². The first-order valence-corrected chi connectivity index (χ1v) is 39.0. The molecule has 0 fully saturated rings. The third-order valence-corrected chi connectivity index (χ3v) is 16.1. The third-order valence-electron chi connectivity index (χ3n) is 12.7. The Morgan fingerprint density at radius 3 is 1.49 bits per heavy atom. The number of hydrogen-bond acceptors (Lipinski definition) is 28. The molecule has 0 radical (unpaired) electrons. The highest BCUT2D eigenvalue weighted by Crippen LogP contribution is 2.38. The quantitative estimate of drug-likeness (QED) is 0.0109. The molecule has 19 N–H and O–H groups in total. The monoisotopic (exact) mass is 1460 g/mol. The van der Waals surface area contributed by atoms with Crippen molar-refractivity contribution in [3.05, 3.63) is 177 Å². The Morgan fingerprint density at radius 1 is 0.540 bits per heavy atom. The maximum absolute atomic E-state index is 12.7. The van der Waals surface area contributed by atoms with Gasteiger partial charge >= 0.3 is 7.60 Å². The van der Waals surface area contributed by atoms with Crippen LogP contribution in [0.25, 0.3) is 39.0 Å². The molecule has 4 aromatic carbocycles. The summed E-state index contributed by atoms with van der Waals surface area (Å²) in [6.07, 6.45) is 9.90. The van der Waals surface area contributed by atoms with Crippen LogP contribution in [-0.2, 0) is 53.5 Å². The number of ether oxygens (including phenoxy) is 6. The van der Waals surface area contributed by atoms with Crippen LogP contribution in [0.15, 0.2) is 154 Å². The van der Waals surface area contributed by atoms with Gasteiger partial charge in [-0.1, -0.05) is 109 Å². The molecule has 0 saturated carbocycles. The summed E-state index contributed by atoms with van der Waals surface area (Å²) in [6.45, 7) is 12.2. The topological polar surface area (TPSA) is 531 Å². The van der Waals surface area contributed by atoms with Crippen LogP contribution in [0.3, 0.4) is 0 Å². The first-order chi connectivity index (χ1) is 47.3. The molecular weight excluding hydrogens is 1370 g/mol. The van der Waals surface area contributed by atoms with Crippen LogP contribution in [0.5, 0.6) is 11.8 Å². The Bertz CT molecular complexity index is 4450. The highest BCUT2D eigenvalue weighted by molar-refractivity contribution is 7.86. The smallest absolute Gasteiger partial charge is 0.350 e. The number of rotatable bonds is 27. The van der Waals surface area contributed by atoms with Crippen molar-refractivity contribution in [1.82, 2.24) is 39.5 Å². The molecule has 0 aliphatic heterocycles. The van der Waals surface area contributed by atoms with Crippen LogP contribution in [0, 0.1) is 13.0 Å². The standard InChI is InChI=1S/C15H20N4O3P.C15H21N4O3P.C13H17N4O5P.C11H16O4S.C10H10N4O/c1-23(2,20)10-21-8-9-22-14-12(11-6-4-3-5-7-11)13(16)18-15(17)19-14;1-23(2,21)10-22-9-8-19-14(20)12(13(16)18-15(19)17)11-6-4-3-5-7-11;14-11-10(9-4-2-1-3-5-9)12(17-13(15)16-11)22-7-6-21-8-23(18,19)20;1-3-14-8-9-15-16(12,13)11-6-4-10(2)5-7-11;11-8-7(6-4-2-1-3-5-6)9(15)14-10(12)13-8/h3-4,6-7H,8-10H2,1-2H3,(H4,16,17,18,19);3-7H,8-10,16H2,1-2H3,(H2,17,18);1-5H,6-8H2,(H2,18,19,20)(H4,14,15,16,17);4-7H,3,8-9H2,1-2H3;1-5H,(H5,11,12,13,14,15)/q+1;;;;.